The molecule has 0 aromatic rings. The summed E-state index contributed by atoms with van der Waals surface area (Å²) in [5, 5.41) is 0. The van der Waals surface area contributed by atoms with Crippen LogP contribution >= 0.6 is 0 Å². The smallest absolute Gasteiger partial charge is 0.146 e. The summed E-state index contributed by atoms with van der Waals surface area (Å²) in [4.78, 5) is 13.3. The van der Waals surface area contributed by atoms with Crippen LogP contribution < -0.4 is 0 Å². The Hall–Kier alpha value is -0.370. The largest absolute Gasteiger partial charge is 0.298 e. The highest BCUT2D eigenvalue weighted by atomic mass is 16.1. The van der Waals surface area contributed by atoms with Crippen molar-refractivity contribution in [1.82, 2.24) is 4.90 Å². The summed E-state index contributed by atoms with van der Waals surface area (Å²) in [6.07, 6.45) is 2.25. The zero-order valence-electron chi connectivity index (χ0n) is 8.76. The quantitative estimate of drug-likeness (QED) is 0.610. The van der Waals surface area contributed by atoms with Crippen LogP contribution in [0.4, 0.5) is 0 Å². The molecule has 12 heavy (non-hydrogen) atoms. The summed E-state index contributed by atoms with van der Waals surface area (Å²) < 4.78 is 0. The van der Waals surface area contributed by atoms with Gasteiger partial charge in [0.15, 0.2) is 0 Å². The first-order chi connectivity index (χ1) is 5.63. The van der Waals surface area contributed by atoms with Crippen molar-refractivity contribution in [2.45, 2.75) is 46.6 Å². The SMILES string of the molecule is CCCN(CCC)C(C)C(C)=O. The Balaban J connectivity index is 3.98. The zero-order chi connectivity index (χ0) is 9.56. The topological polar surface area (TPSA) is 20.3 Å². The van der Waals surface area contributed by atoms with Crippen molar-refractivity contribution < 1.29 is 4.79 Å². The second-order valence-corrected chi connectivity index (χ2v) is 3.32. The van der Waals surface area contributed by atoms with E-state index in [1.165, 1.54) is 0 Å². The molecule has 1 atom stereocenters. The number of Topliss-reactive ketones (excluding diaryl/α,β-unsaturated/α-hetero) is 1. The summed E-state index contributed by atoms with van der Waals surface area (Å²) in [6.45, 7) is 10.0. The van der Waals surface area contributed by atoms with Crippen molar-refractivity contribution >= 4 is 5.78 Å². The Labute approximate surface area is 75.9 Å². The number of carbonyl (C=O) groups excluding carboxylic acids is 1. The molecule has 0 amide bonds. The van der Waals surface area contributed by atoms with Crippen LogP contribution in [0.15, 0.2) is 0 Å². The van der Waals surface area contributed by atoms with Crippen LogP contribution in [0.2, 0.25) is 0 Å². The van der Waals surface area contributed by atoms with E-state index in [1.807, 2.05) is 6.92 Å². The molecule has 0 bridgehead atoms. The predicted octanol–water partition coefficient (Wildman–Crippen LogP) is 2.09. The molecule has 0 radical (unpaired) electrons. The van der Waals surface area contributed by atoms with E-state index in [1.54, 1.807) is 6.92 Å². The lowest BCUT2D eigenvalue weighted by Gasteiger charge is -2.26. The van der Waals surface area contributed by atoms with Gasteiger partial charge < -0.3 is 0 Å². The van der Waals surface area contributed by atoms with E-state index in [0.29, 0.717) is 0 Å². The fourth-order valence-corrected chi connectivity index (χ4v) is 1.33. The fraction of sp³-hybridized carbons (Fsp3) is 0.900. The third kappa shape index (κ3) is 3.86. The molecule has 0 heterocycles. The summed E-state index contributed by atoms with van der Waals surface area (Å²) in [7, 11) is 0. The third-order valence-corrected chi connectivity index (χ3v) is 2.16. The maximum atomic E-state index is 11.1. The Morgan fingerprint density at radius 2 is 1.67 bits per heavy atom. The van der Waals surface area contributed by atoms with Crippen LogP contribution in [0.3, 0.4) is 0 Å². The molecule has 0 aromatic carbocycles. The van der Waals surface area contributed by atoms with Crippen LogP contribution in [-0.2, 0) is 4.79 Å². The second-order valence-electron chi connectivity index (χ2n) is 3.32. The number of nitrogens with zero attached hydrogens (tertiary/aromatic N) is 1. The first-order valence-electron chi connectivity index (χ1n) is 4.88. The molecule has 0 N–H and O–H groups in total. The lowest BCUT2D eigenvalue weighted by atomic mass is 10.2. The van der Waals surface area contributed by atoms with Crippen LogP contribution in [0.1, 0.15) is 40.5 Å². The number of carbonyl (C=O) groups is 1. The minimum absolute atomic E-state index is 0.102. The van der Waals surface area contributed by atoms with Gasteiger partial charge in [0.25, 0.3) is 0 Å². The maximum Gasteiger partial charge on any atom is 0.146 e. The predicted molar refractivity (Wildman–Crippen MR) is 52.3 cm³/mol. The van der Waals surface area contributed by atoms with E-state index < -0.39 is 0 Å². The van der Waals surface area contributed by atoms with E-state index >= 15 is 0 Å². The van der Waals surface area contributed by atoms with E-state index in [9.17, 15) is 4.79 Å². The molecule has 0 aliphatic rings. The molecule has 0 rings (SSSR count). The summed E-state index contributed by atoms with van der Waals surface area (Å²) in [5.74, 6) is 0.275. The van der Waals surface area contributed by atoms with Crippen molar-refractivity contribution in [1.29, 1.82) is 0 Å². The highest BCUT2D eigenvalue weighted by molar-refractivity contribution is 5.80. The molecule has 0 aromatic heterocycles. The summed E-state index contributed by atoms with van der Waals surface area (Å²) in [6, 6.07) is 0.102. The molecule has 0 spiro atoms. The standard InChI is InChI=1S/C10H21NO/c1-5-7-11(8-6-2)9(3)10(4)12/h9H,5-8H2,1-4H3. The fourth-order valence-electron chi connectivity index (χ4n) is 1.33. The molecule has 0 fully saturated rings. The van der Waals surface area contributed by atoms with Crippen LogP contribution in [0.25, 0.3) is 0 Å². The average Bonchev–Trinajstić information content (AvgIpc) is 2.03. The van der Waals surface area contributed by atoms with Gasteiger partial charge in [0.1, 0.15) is 5.78 Å². The first-order valence-corrected chi connectivity index (χ1v) is 4.88. The minimum atomic E-state index is 0.102. The van der Waals surface area contributed by atoms with Crippen molar-refractivity contribution in [2.24, 2.45) is 0 Å². The molecule has 0 aliphatic heterocycles. The van der Waals surface area contributed by atoms with Gasteiger partial charge in [-0.1, -0.05) is 13.8 Å². The molecule has 0 saturated carbocycles. The van der Waals surface area contributed by atoms with E-state index in [4.69, 9.17) is 0 Å². The highest BCUT2D eigenvalue weighted by Crippen LogP contribution is 2.02. The summed E-state index contributed by atoms with van der Waals surface area (Å²) in [5.41, 5.74) is 0. The molecular weight excluding hydrogens is 150 g/mol. The monoisotopic (exact) mass is 171 g/mol. The Morgan fingerprint density at radius 1 is 1.25 bits per heavy atom. The molecule has 72 valence electrons. The minimum Gasteiger partial charge on any atom is -0.298 e. The highest BCUT2D eigenvalue weighted by Gasteiger charge is 2.15. The normalized spacial score (nSPS) is 13.4. The lowest BCUT2D eigenvalue weighted by Crippen LogP contribution is -2.38. The van der Waals surface area contributed by atoms with Crippen LogP contribution in [-0.4, -0.2) is 29.8 Å². The molecule has 0 aliphatic carbocycles. The van der Waals surface area contributed by atoms with Gasteiger partial charge in [0.05, 0.1) is 6.04 Å². The van der Waals surface area contributed by atoms with Crippen molar-refractivity contribution in [3.63, 3.8) is 0 Å². The number of rotatable bonds is 6. The second kappa shape index (κ2) is 6.18. The maximum absolute atomic E-state index is 11.1. The Bertz CT molecular complexity index is 128. The molecule has 0 saturated heterocycles. The van der Waals surface area contributed by atoms with Crippen molar-refractivity contribution in [3.8, 4) is 0 Å². The van der Waals surface area contributed by atoms with Gasteiger partial charge in [-0.25, -0.2) is 0 Å². The van der Waals surface area contributed by atoms with E-state index in [2.05, 4.69) is 18.7 Å². The van der Waals surface area contributed by atoms with Crippen LogP contribution in [0.5, 0.6) is 0 Å². The van der Waals surface area contributed by atoms with Gasteiger partial charge in [0.2, 0.25) is 0 Å². The van der Waals surface area contributed by atoms with E-state index in [0.717, 1.165) is 25.9 Å². The molecular formula is C10H21NO. The van der Waals surface area contributed by atoms with Gasteiger partial charge in [-0.3, -0.25) is 9.69 Å². The first kappa shape index (κ1) is 11.6. The molecule has 2 heteroatoms. The number of hydrogen-bond acceptors (Lipinski definition) is 2. The zero-order valence-corrected chi connectivity index (χ0v) is 8.76. The average molecular weight is 171 g/mol. The van der Waals surface area contributed by atoms with Gasteiger partial charge in [-0.05, 0) is 39.8 Å². The van der Waals surface area contributed by atoms with Crippen LogP contribution in [0, 0.1) is 0 Å². The lowest BCUT2D eigenvalue weighted by molar-refractivity contribution is -0.121. The molecule has 1 unspecified atom stereocenters. The van der Waals surface area contributed by atoms with Gasteiger partial charge >= 0.3 is 0 Å². The third-order valence-electron chi connectivity index (χ3n) is 2.16. The summed E-state index contributed by atoms with van der Waals surface area (Å²) >= 11 is 0. The Morgan fingerprint density at radius 3 is 1.92 bits per heavy atom. The van der Waals surface area contributed by atoms with Crippen molar-refractivity contribution in [3.05, 3.63) is 0 Å². The van der Waals surface area contributed by atoms with E-state index in [-0.39, 0.29) is 11.8 Å². The number of hydrogen-bond donors (Lipinski definition) is 0. The van der Waals surface area contributed by atoms with Gasteiger partial charge in [-0.2, -0.15) is 0 Å². The van der Waals surface area contributed by atoms with Gasteiger partial charge in [0, 0.05) is 0 Å². The number of ketones is 1. The van der Waals surface area contributed by atoms with Gasteiger partial charge in [-0.15, -0.1) is 0 Å². The Kier molecular flexibility index (Phi) is 5.99. The molecule has 2 nitrogen and oxygen atoms in total. The van der Waals surface area contributed by atoms with Crippen molar-refractivity contribution in [2.75, 3.05) is 13.1 Å².